The van der Waals surface area contributed by atoms with Crippen molar-refractivity contribution in [3.05, 3.63) is 65.7 Å². The summed E-state index contributed by atoms with van der Waals surface area (Å²) in [6, 6.07) is 18.1. The summed E-state index contributed by atoms with van der Waals surface area (Å²) >= 11 is 0. The molecule has 0 saturated heterocycles. The molecule has 2 aromatic rings. The van der Waals surface area contributed by atoms with Gasteiger partial charge in [-0.05, 0) is 30.2 Å². The molecule has 0 fully saturated rings. The first-order valence-corrected chi connectivity index (χ1v) is 8.49. The maximum absolute atomic E-state index is 5.60. The number of guanidine groups is 1. The summed E-state index contributed by atoms with van der Waals surface area (Å²) in [4.78, 5) is 4.64. The molecule has 0 amide bonds. The molecular formula is C20H27N3O2. The molecule has 0 aliphatic carbocycles. The van der Waals surface area contributed by atoms with E-state index in [4.69, 9.17) is 9.47 Å². The minimum absolute atomic E-state index is 0.0260. The van der Waals surface area contributed by atoms with Gasteiger partial charge in [0.25, 0.3) is 0 Å². The fourth-order valence-corrected chi connectivity index (χ4v) is 2.48. The standard InChI is InChI=1S/C20H27N3O2/c1-4-21-20(22-14-16-9-8-12-18(13-16)24-2)23-15-19(25-3)17-10-6-5-7-11-17/h5-13,19H,4,14-15H2,1-3H3,(H2,21,22,23). The van der Waals surface area contributed by atoms with Gasteiger partial charge in [-0.15, -0.1) is 0 Å². The first-order chi connectivity index (χ1) is 12.3. The molecule has 0 aliphatic heterocycles. The molecule has 25 heavy (non-hydrogen) atoms. The van der Waals surface area contributed by atoms with Crippen LogP contribution in [0.15, 0.2) is 59.6 Å². The van der Waals surface area contributed by atoms with Crippen molar-refractivity contribution in [1.29, 1.82) is 0 Å². The third kappa shape index (κ3) is 6.12. The number of nitrogens with zero attached hydrogens (tertiary/aromatic N) is 1. The second-order valence-corrected chi connectivity index (χ2v) is 5.56. The predicted octanol–water partition coefficient (Wildman–Crippen LogP) is 3.14. The van der Waals surface area contributed by atoms with Gasteiger partial charge in [0.1, 0.15) is 5.75 Å². The fourth-order valence-electron chi connectivity index (χ4n) is 2.48. The number of hydrogen-bond donors (Lipinski definition) is 2. The van der Waals surface area contributed by atoms with Crippen molar-refractivity contribution >= 4 is 5.96 Å². The summed E-state index contributed by atoms with van der Waals surface area (Å²) in [5.74, 6) is 1.61. The zero-order valence-corrected chi connectivity index (χ0v) is 15.2. The maximum atomic E-state index is 5.60. The van der Waals surface area contributed by atoms with Crippen LogP contribution in [0.2, 0.25) is 0 Å². The van der Waals surface area contributed by atoms with Crippen molar-refractivity contribution in [3.63, 3.8) is 0 Å². The van der Waals surface area contributed by atoms with Gasteiger partial charge >= 0.3 is 0 Å². The van der Waals surface area contributed by atoms with Crippen LogP contribution in [0.25, 0.3) is 0 Å². The van der Waals surface area contributed by atoms with Gasteiger partial charge in [-0.25, -0.2) is 4.99 Å². The van der Waals surface area contributed by atoms with Gasteiger partial charge in [0.15, 0.2) is 5.96 Å². The summed E-state index contributed by atoms with van der Waals surface area (Å²) in [5, 5.41) is 6.62. The average molecular weight is 341 g/mol. The molecule has 0 radical (unpaired) electrons. The lowest BCUT2D eigenvalue weighted by atomic mass is 10.1. The Morgan fingerprint density at radius 1 is 1.04 bits per heavy atom. The zero-order valence-electron chi connectivity index (χ0n) is 15.2. The maximum Gasteiger partial charge on any atom is 0.191 e. The molecule has 2 N–H and O–H groups in total. The van der Waals surface area contributed by atoms with Crippen LogP contribution in [0.5, 0.6) is 5.75 Å². The summed E-state index contributed by atoms with van der Waals surface area (Å²) in [5.41, 5.74) is 2.24. The molecule has 134 valence electrons. The third-order valence-corrected chi connectivity index (χ3v) is 3.81. The molecule has 1 unspecified atom stereocenters. The number of rotatable bonds is 8. The van der Waals surface area contributed by atoms with Gasteiger partial charge in [-0.2, -0.15) is 0 Å². The van der Waals surface area contributed by atoms with Gasteiger partial charge in [0.05, 0.1) is 19.8 Å². The number of ether oxygens (including phenoxy) is 2. The summed E-state index contributed by atoms with van der Waals surface area (Å²) < 4.78 is 10.9. The van der Waals surface area contributed by atoms with Crippen LogP contribution in [0, 0.1) is 0 Å². The van der Waals surface area contributed by atoms with Crippen molar-refractivity contribution < 1.29 is 9.47 Å². The van der Waals surface area contributed by atoms with E-state index in [1.807, 2.05) is 49.4 Å². The largest absolute Gasteiger partial charge is 0.497 e. The lowest BCUT2D eigenvalue weighted by Gasteiger charge is -2.18. The van der Waals surface area contributed by atoms with Gasteiger partial charge in [-0.1, -0.05) is 42.5 Å². The molecule has 5 heteroatoms. The molecular weight excluding hydrogens is 314 g/mol. The Morgan fingerprint density at radius 2 is 1.84 bits per heavy atom. The molecule has 0 saturated carbocycles. The Labute approximate surface area is 150 Å². The van der Waals surface area contributed by atoms with E-state index < -0.39 is 0 Å². The Balaban J connectivity index is 1.99. The molecule has 0 spiro atoms. The predicted molar refractivity (Wildman–Crippen MR) is 102 cm³/mol. The lowest BCUT2D eigenvalue weighted by molar-refractivity contribution is 0.106. The lowest BCUT2D eigenvalue weighted by Crippen LogP contribution is -2.39. The van der Waals surface area contributed by atoms with E-state index >= 15 is 0 Å². The van der Waals surface area contributed by atoms with Crippen LogP contribution >= 0.6 is 0 Å². The van der Waals surface area contributed by atoms with Crippen LogP contribution in [-0.2, 0) is 11.3 Å². The van der Waals surface area contributed by atoms with E-state index in [-0.39, 0.29) is 6.10 Å². The third-order valence-electron chi connectivity index (χ3n) is 3.81. The topological polar surface area (TPSA) is 54.9 Å². The number of nitrogens with one attached hydrogen (secondary N) is 2. The van der Waals surface area contributed by atoms with Crippen molar-refractivity contribution in [2.75, 3.05) is 27.3 Å². The normalized spacial score (nSPS) is 12.5. The first kappa shape index (κ1) is 18.8. The van der Waals surface area contributed by atoms with Crippen LogP contribution < -0.4 is 15.4 Å². The SMILES string of the molecule is CCNC(=NCc1cccc(OC)c1)NCC(OC)c1ccccc1. The van der Waals surface area contributed by atoms with Crippen LogP contribution in [0.1, 0.15) is 24.2 Å². The highest BCUT2D eigenvalue weighted by Gasteiger charge is 2.10. The van der Waals surface area contributed by atoms with Gasteiger partial charge in [0.2, 0.25) is 0 Å². The van der Waals surface area contributed by atoms with E-state index in [2.05, 4.69) is 27.8 Å². The molecule has 0 bridgehead atoms. The highest BCUT2D eigenvalue weighted by Crippen LogP contribution is 2.15. The molecule has 0 aliphatic rings. The van der Waals surface area contributed by atoms with Crippen LogP contribution in [0.3, 0.4) is 0 Å². The minimum atomic E-state index is -0.0260. The second-order valence-electron chi connectivity index (χ2n) is 5.56. The van der Waals surface area contributed by atoms with Crippen LogP contribution in [0.4, 0.5) is 0 Å². The van der Waals surface area contributed by atoms with Gasteiger partial charge in [-0.3, -0.25) is 0 Å². The average Bonchev–Trinajstić information content (AvgIpc) is 2.67. The van der Waals surface area contributed by atoms with Gasteiger partial charge in [0, 0.05) is 20.2 Å². The molecule has 5 nitrogen and oxygen atoms in total. The molecule has 1 atom stereocenters. The Kier molecular flexibility index (Phi) is 7.79. The number of aliphatic imine (C=N–C) groups is 1. The number of hydrogen-bond acceptors (Lipinski definition) is 3. The monoisotopic (exact) mass is 341 g/mol. The number of methoxy groups -OCH3 is 2. The highest BCUT2D eigenvalue weighted by atomic mass is 16.5. The summed E-state index contributed by atoms with van der Waals surface area (Å²) in [7, 11) is 3.39. The van der Waals surface area contributed by atoms with Crippen molar-refractivity contribution in [3.8, 4) is 5.75 Å². The van der Waals surface area contributed by atoms with Crippen LogP contribution in [-0.4, -0.2) is 33.3 Å². The Hall–Kier alpha value is -2.53. The molecule has 2 rings (SSSR count). The second kappa shape index (κ2) is 10.4. The van der Waals surface area contributed by atoms with Gasteiger partial charge < -0.3 is 20.1 Å². The quantitative estimate of drug-likeness (QED) is 0.572. The summed E-state index contributed by atoms with van der Waals surface area (Å²) in [6.07, 6.45) is -0.0260. The smallest absolute Gasteiger partial charge is 0.191 e. The fraction of sp³-hybridized carbons (Fsp3) is 0.350. The van der Waals surface area contributed by atoms with Crippen molar-refractivity contribution in [1.82, 2.24) is 10.6 Å². The highest BCUT2D eigenvalue weighted by molar-refractivity contribution is 5.79. The Bertz CT molecular complexity index is 659. The van der Waals surface area contributed by atoms with E-state index in [1.54, 1.807) is 14.2 Å². The Morgan fingerprint density at radius 3 is 2.52 bits per heavy atom. The zero-order chi connectivity index (χ0) is 17.9. The van der Waals surface area contributed by atoms with E-state index in [0.29, 0.717) is 13.1 Å². The first-order valence-electron chi connectivity index (χ1n) is 8.49. The minimum Gasteiger partial charge on any atom is -0.497 e. The number of benzene rings is 2. The van der Waals surface area contributed by atoms with Crippen molar-refractivity contribution in [2.24, 2.45) is 4.99 Å². The summed E-state index contributed by atoms with van der Waals surface area (Å²) in [6.45, 7) is 4.07. The molecule has 2 aromatic carbocycles. The molecule has 0 heterocycles. The van der Waals surface area contributed by atoms with E-state index in [0.717, 1.165) is 29.4 Å². The van der Waals surface area contributed by atoms with E-state index in [9.17, 15) is 0 Å². The molecule has 0 aromatic heterocycles. The van der Waals surface area contributed by atoms with E-state index in [1.165, 1.54) is 0 Å². The van der Waals surface area contributed by atoms with Crippen molar-refractivity contribution in [2.45, 2.75) is 19.6 Å².